The molecule has 0 radical (unpaired) electrons. The Hall–Kier alpha value is -1.82. The van der Waals surface area contributed by atoms with Crippen LogP contribution < -0.4 is 0 Å². The predicted molar refractivity (Wildman–Crippen MR) is 74.0 cm³/mol. The van der Waals surface area contributed by atoms with Crippen LogP contribution in [0.4, 0.5) is 0 Å². The highest BCUT2D eigenvalue weighted by molar-refractivity contribution is 5.70. The molecule has 2 aromatic carbocycles. The van der Waals surface area contributed by atoms with Crippen LogP contribution in [0, 0.1) is 6.92 Å². The van der Waals surface area contributed by atoms with Crippen molar-refractivity contribution < 1.29 is 0 Å². The van der Waals surface area contributed by atoms with E-state index in [9.17, 15) is 0 Å². The van der Waals surface area contributed by atoms with Gasteiger partial charge in [0, 0.05) is 0 Å². The first kappa shape index (κ1) is 10.3. The summed E-state index contributed by atoms with van der Waals surface area (Å²) in [5.41, 5.74) is 6.81. The van der Waals surface area contributed by atoms with Gasteiger partial charge in [-0.05, 0) is 48.1 Å². The van der Waals surface area contributed by atoms with E-state index in [0.717, 1.165) is 0 Å². The fourth-order valence-corrected chi connectivity index (χ4v) is 2.43. The Morgan fingerprint density at radius 1 is 0.941 bits per heavy atom. The molecule has 0 N–H and O–H groups in total. The fourth-order valence-electron chi connectivity index (χ4n) is 2.43. The van der Waals surface area contributed by atoms with E-state index in [2.05, 4.69) is 61.5 Å². The Labute approximate surface area is 103 Å². The van der Waals surface area contributed by atoms with Gasteiger partial charge in [-0.25, -0.2) is 0 Å². The van der Waals surface area contributed by atoms with Gasteiger partial charge < -0.3 is 0 Å². The molecule has 0 nitrogen and oxygen atoms in total. The van der Waals surface area contributed by atoms with Gasteiger partial charge in [0.25, 0.3) is 0 Å². The van der Waals surface area contributed by atoms with Crippen molar-refractivity contribution in [3.8, 4) is 11.1 Å². The molecule has 0 aliphatic heterocycles. The monoisotopic (exact) mass is 220 g/mol. The second-order valence-electron chi connectivity index (χ2n) is 4.72. The second kappa shape index (κ2) is 4.21. The van der Waals surface area contributed by atoms with Crippen LogP contribution in [0.2, 0.25) is 0 Å². The van der Waals surface area contributed by atoms with Crippen molar-refractivity contribution in [2.75, 3.05) is 0 Å². The average molecular weight is 220 g/mol. The third-order valence-electron chi connectivity index (χ3n) is 3.38. The van der Waals surface area contributed by atoms with Crippen LogP contribution in [0.25, 0.3) is 17.2 Å². The highest BCUT2D eigenvalue weighted by Gasteiger charge is 2.06. The number of aryl methyl sites for hydroxylation is 2. The van der Waals surface area contributed by atoms with E-state index in [0.29, 0.717) is 0 Å². The molecule has 1 aliphatic rings. The average Bonchev–Trinajstić information content (AvgIpc) is 2.38. The number of rotatable bonds is 1. The number of hydrogen-bond donors (Lipinski definition) is 0. The summed E-state index contributed by atoms with van der Waals surface area (Å²) >= 11 is 0. The number of hydrogen-bond acceptors (Lipinski definition) is 0. The Morgan fingerprint density at radius 3 is 2.71 bits per heavy atom. The zero-order valence-electron chi connectivity index (χ0n) is 10.1. The molecule has 0 spiro atoms. The lowest BCUT2D eigenvalue weighted by Crippen LogP contribution is -1.94. The summed E-state index contributed by atoms with van der Waals surface area (Å²) in [5.74, 6) is 0. The summed E-state index contributed by atoms with van der Waals surface area (Å²) in [6.45, 7) is 2.14. The molecule has 2 aromatic rings. The van der Waals surface area contributed by atoms with Crippen molar-refractivity contribution in [3.63, 3.8) is 0 Å². The van der Waals surface area contributed by atoms with Crippen LogP contribution in [0.3, 0.4) is 0 Å². The molecule has 0 heteroatoms. The fraction of sp³-hybridized carbons (Fsp3) is 0.176. The normalized spacial score (nSPS) is 13.5. The summed E-state index contributed by atoms with van der Waals surface area (Å²) in [6.07, 6.45) is 6.87. The smallest absolute Gasteiger partial charge is 0.0178 e. The number of allylic oxidation sites excluding steroid dienone is 1. The quantitative estimate of drug-likeness (QED) is 0.657. The third kappa shape index (κ3) is 2.03. The lowest BCUT2D eigenvalue weighted by Gasteiger charge is -2.12. The second-order valence-corrected chi connectivity index (χ2v) is 4.72. The molecule has 0 aromatic heterocycles. The van der Waals surface area contributed by atoms with E-state index < -0.39 is 0 Å². The van der Waals surface area contributed by atoms with E-state index in [-0.39, 0.29) is 0 Å². The van der Waals surface area contributed by atoms with Crippen molar-refractivity contribution >= 4 is 6.08 Å². The van der Waals surface area contributed by atoms with Gasteiger partial charge in [0.15, 0.2) is 0 Å². The van der Waals surface area contributed by atoms with Crippen molar-refractivity contribution in [2.45, 2.75) is 19.8 Å². The van der Waals surface area contributed by atoms with Crippen LogP contribution >= 0.6 is 0 Å². The molecule has 0 heterocycles. The van der Waals surface area contributed by atoms with Crippen LogP contribution in [-0.2, 0) is 6.42 Å². The maximum atomic E-state index is 2.31. The minimum absolute atomic E-state index is 1.18. The molecule has 0 amide bonds. The van der Waals surface area contributed by atoms with Gasteiger partial charge in [0.05, 0.1) is 0 Å². The summed E-state index contributed by atoms with van der Waals surface area (Å²) in [4.78, 5) is 0. The van der Waals surface area contributed by atoms with Gasteiger partial charge in [-0.2, -0.15) is 0 Å². The van der Waals surface area contributed by atoms with E-state index in [4.69, 9.17) is 0 Å². The molecule has 0 atom stereocenters. The van der Waals surface area contributed by atoms with Crippen LogP contribution in [-0.4, -0.2) is 0 Å². The van der Waals surface area contributed by atoms with Gasteiger partial charge >= 0.3 is 0 Å². The zero-order valence-corrected chi connectivity index (χ0v) is 10.1. The topological polar surface area (TPSA) is 0 Å². The summed E-state index contributed by atoms with van der Waals surface area (Å²) in [7, 11) is 0. The largest absolute Gasteiger partial charge is 0.0836 e. The molecule has 0 unspecified atom stereocenters. The molecule has 0 saturated heterocycles. The van der Waals surface area contributed by atoms with Crippen molar-refractivity contribution in [1.82, 2.24) is 0 Å². The lowest BCUT2D eigenvalue weighted by molar-refractivity contribution is 0.986. The molecule has 0 fully saturated rings. The third-order valence-corrected chi connectivity index (χ3v) is 3.38. The predicted octanol–water partition coefficient (Wildman–Crippen LogP) is 4.62. The van der Waals surface area contributed by atoms with E-state index in [1.165, 1.54) is 40.7 Å². The first-order chi connectivity index (χ1) is 8.33. The molecule has 0 saturated carbocycles. The van der Waals surface area contributed by atoms with Crippen LogP contribution in [0.15, 0.2) is 48.5 Å². The van der Waals surface area contributed by atoms with Gasteiger partial charge in [0.1, 0.15) is 0 Å². The van der Waals surface area contributed by atoms with Gasteiger partial charge in [-0.15, -0.1) is 0 Å². The number of benzene rings is 2. The van der Waals surface area contributed by atoms with Crippen LogP contribution in [0.5, 0.6) is 0 Å². The summed E-state index contributed by atoms with van der Waals surface area (Å²) < 4.78 is 0. The van der Waals surface area contributed by atoms with E-state index in [1.54, 1.807) is 0 Å². The number of fused-ring (bicyclic) bond motifs is 1. The zero-order chi connectivity index (χ0) is 11.7. The van der Waals surface area contributed by atoms with Crippen molar-refractivity contribution in [1.29, 1.82) is 0 Å². The minimum atomic E-state index is 1.18. The van der Waals surface area contributed by atoms with Gasteiger partial charge in [0.2, 0.25) is 0 Å². The molecular formula is C17H16. The van der Waals surface area contributed by atoms with E-state index >= 15 is 0 Å². The van der Waals surface area contributed by atoms with Crippen molar-refractivity contribution in [3.05, 3.63) is 65.2 Å². The molecular weight excluding hydrogens is 204 g/mol. The molecule has 0 bridgehead atoms. The Balaban J connectivity index is 2.08. The summed E-state index contributed by atoms with van der Waals surface area (Å²) in [5, 5.41) is 0. The van der Waals surface area contributed by atoms with Gasteiger partial charge in [-0.3, -0.25) is 0 Å². The maximum Gasteiger partial charge on any atom is -0.0178 e. The molecule has 17 heavy (non-hydrogen) atoms. The first-order valence-electron chi connectivity index (χ1n) is 6.19. The molecule has 84 valence electrons. The Morgan fingerprint density at radius 2 is 1.82 bits per heavy atom. The Bertz CT molecular complexity index is 576. The molecule has 3 rings (SSSR count). The maximum absolute atomic E-state index is 2.31. The SMILES string of the molecule is Cc1cccc(-c2ccc3c(c2)C=CCC3)c1. The highest BCUT2D eigenvalue weighted by Crippen LogP contribution is 2.26. The standard InChI is InChI=1S/C17H16/c1-13-5-4-8-15(11-13)17-10-9-14-6-2-3-7-16(14)12-17/h3-5,7-12H,2,6H2,1H3. The Kier molecular flexibility index (Phi) is 2.56. The summed E-state index contributed by atoms with van der Waals surface area (Å²) in [6, 6.07) is 15.5. The highest BCUT2D eigenvalue weighted by atomic mass is 14.1. The molecule has 1 aliphatic carbocycles. The minimum Gasteiger partial charge on any atom is -0.0836 e. The lowest BCUT2D eigenvalue weighted by atomic mass is 9.93. The van der Waals surface area contributed by atoms with Crippen molar-refractivity contribution in [2.24, 2.45) is 0 Å². The van der Waals surface area contributed by atoms with Crippen LogP contribution in [0.1, 0.15) is 23.1 Å². The van der Waals surface area contributed by atoms with Gasteiger partial charge in [-0.1, -0.05) is 54.1 Å². The van der Waals surface area contributed by atoms with E-state index in [1.807, 2.05) is 0 Å². The first-order valence-corrected chi connectivity index (χ1v) is 6.19.